The highest BCUT2D eigenvalue weighted by Gasteiger charge is 2.21. The van der Waals surface area contributed by atoms with Gasteiger partial charge >= 0.3 is 0 Å². The third-order valence-electron chi connectivity index (χ3n) is 3.03. The van der Waals surface area contributed by atoms with E-state index in [0.29, 0.717) is 6.42 Å². The van der Waals surface area contributed by atoms with Crippen LogP contribution >= 0.6 is 0 Å². The van der Waals surface area contributed by atoms with Gasteiger partial charge < -0.3 is 14.9 Å². The standard InChI is InChI=1S/C15H24O3/c1-11-5-6-13(12(2)7-8-16)14(9-11)18-15(3,4)10-17/h5-6,9,12,16-17H,7-8,10H2,1-4H3. The molecule has 2 N–H and O–H groups in total. The number of rotatable bonds is 6. The fraction of sp³-hybridized carbons (Fsp3) is 0.600. The van der Waals surface area contributed by atoms with Crippen LogP contribution in [0.2, 0.25) is 0 Å². The molecule has 0 radical (unpaired) electrons. The number of aliphatic hydroxyl groups is 2. The maximum Gasteiger partial charge on any atom is 0.126 e. The molecule has 0 saturated heterocycles. The minimum absolute atomic E-state index is 0.0330. The molecule has 0 aliphatic heterocycles. The van der Waals surface area contributed by atoms with Gasteiger partial charge in [0.1, 0.15) is 11.4 Å². The van der Waals surface area contributed by atoms with Gasteiger partial charge in [-0.15, -0.1) is 0 Å². The summed E-state index contributed by atoms with van der Waals surface area (Å²) < 4.78 is 5.90. The Morgan fingerprint density at radius 1 is 1.28 bits per heavy atom. The Hall–Kier alpha value is -1.06. The lowest BCUT2D eigenvalue weighted by Crippen LogP contribution is -2.33. The first-order valence-electron chi connectivity index (χ1n) is 6.41. The number of hydrogen-bond acceptors (Lipinski definition) is 3. The first kappa shape index (κ1) is 15.0. The van der Waals surface area contributed by atoms with E-state index in [-0.39, 0.29) is 19.1 Å². The van der Waals surface area contributed by atoms with Gasteiger partial charge in [-0.3, -0.25) is 0 Å². The van der Waals surface area contributed by atoms with Crippen LogP contribution in [-0.4, -0.2) is 29.0 Å². The summed E-state index contributed by atoms with van der Waals surface area (Å²) in [4.78, 5) is 0. The maximum atomic E-state index is 9.29. The van der Waals surface area contributed by atoms with Crippen LogP contribution in [0.5, 0.6) is 5.75 Å². The maximum absolute atomic E-state index is 9.29. The summed E-state index contributed by atoms with van der Waals surface area (Å²) in [6.07, 6.45) is 0.707. The predicted molar refractivity (Wildman–Crippen MR) is 73.1 cm³/mol. The molecule has 102 valence electrons. The van der Waals surface area contributed by atoms with Crippen molar-refractivity contribution in [1.82, 2.24) is 0 Å². The second-order valence-corrected chi connectivity index (χ2v) is 5.47. The quantitative estimate of drug-likeness (QED) is 0.818. The number of benzene rings is 1. The molecule has 0 aliphatic rings. The molecule has 3 nitrogen and oxygen atoms in total. The largest absolute Gasteiger partial charge is 0.485 e. The van der Waals surface area contributed by atoms with Crippen molar-refractivity contribution in [2.75, 3.05) is 13.2 Å². The van der Waals surface area contributed by atoms with Gasteiger partial charge in [0.05, 0.1) is 6.61 Å². The van der Waals surface area contributed by atoms with Gasteiger partial charge in [0.25, 0.3) is 0 Å². The number of aliphatic hydroxyl groups excluding tert-OH is 2. The first-order valence-corrected chi connectivity index (χ1v) is 6.41. The number of ether oxygens (including phenoxy) is 1. The van der Waals surface area contributed by atoms with Gasteiger partial charge in [-0.05, 0) is 50.3 Å². The molecular weight excluding hydrogens is 228 g/mol. The fourth-order valence-corrected chi connectivity index (χ4v) is 1.82. The molecule has 1 unspecified atom stereocenters. The monoisotopic (exact) mass is 252 g/mol. The third-order valence-corrected chi connectivity index (χ3v) is 3.03. The molecule has 0 fully saturated rings. The molecule has 18 heavy (non-hydrogen) atoms. The molecule has 0 bridgehead atoms. The predicted octanol–water partition coefficient (Wildman–Crippen LogP) is 2.63. The van der Waals surface area contributed by atoms with E-state index in [1.54, 1.807) is 0 Å². The van der Waals surface area contributed by atoms with Crippen LogP contribution in [0.25, 0.3) is 0 Å². The molecular formula is C15H24O3. The van der Waals surface area contributed by atoms with Crippen LogP contribution in [0.1, 0.15) is 44.2 Å². The molecule has 0 aliphatic carbocycles. The van der Waals surface area contributed by atoms with E-state index in [1.807, 2.05) is 39.0 Å². The van der Waals surface area contributed by atoms with Crippen LogP contribution in [0.15, 0.2) is 18.2 Å². The average Bonchev–Trinajstić information content (AvgIpc) is 2.29. The highest BCUT2D eigenvalue weighted by atomic mass is 16.5. The summed E-state index contributed by atoms with van der Waals surface area (Å²) in [5.74, 6) is 1.04. The van der Waals surface area contributed by atoms with Crippen molar-refractivity contribution < 1.29 is 14.9 Å². The van der Waals surface area contributed by atoms with E-state index in [9.17, 15) is 5.11 Å². The minimum Gasteiger partial charge on any atom is -0.485 e. The molecule has 0 heterocycles. The second kappa shape index (κ2) is 6.21. The van der Waals surface area contributed by atoms with Crippen molar-refractivity contribution >= 4 is 0 Å². The van der Waals surface area contributed by atoms with Gasteiger partial charge in [-0.2, -0.15) is 0 Å². The Kier molecular flexibility index (Phi) is 5.17. The van der Waals surface area contributed by atoms with Crippen molar-refractivity contribution in [3.05, 3.63) is 29.3 Å². The molecule has 0 amide bonds. The van der Waals surface area contributed by atoms with Crippen LogP contribution in [0.4, 0.5) is 0 Å². The molecule has 3 heteroatoms. The summed E-state index contributed by atoms with van der Waals surface area (Å²) >= 11 is 0. The molecule has 1 aromatic rings. The molecule has 0 saturated carbocycles. The second-order valence-electron chi connectivity index (χ2n) is 5.47. The highest BCUT2D eigenvalue weighted by Crippen LogP contribution is 2.32. The summed E-state index contributed by atoms with van der Waals surface area (Å²) in [6, 6.07) is 6.07. The zero-order chi connectivity index (χ0) is 13.8. The van der Waals surface area contributed by atoms with Crippen LogP contribution in [0.3, 0.4) is 0 Å². The Balaban J connectivity index is 3.04. The molecule has 1 rings (SSSR count). The summed E-state index contributed by atoms with van der Waals surface area (Å²) in [5, 5.41) is 18.3. The summed E-state index contributed by atoms with van der Waals surface area (Å²) in [7, 11) is 0. The lowest BCUT2D eigenvalue weighted by molar-refractivity contribution is 0.0400. The zero-order valence-corrected chi connectivity index (χ0v) is 11.7. The Morgan fingerprint density at radius 2 is 1.94 bits per heavy atom. The Bertz CT molecular complexity index is 385. The molecule has 1 aromatic carbocycles. The van der Waals surface area contributed by atoms with E-state index in [2.05, 4.69) is 6.92 Å². The SMILES string of the molecule is Cc1ccc(C(C)CCO)c(OC(C)(C)CO)c1. The normalized spacial score (nSPS) is 13.4. The van der Waals surface area contributed by atoms with Gasteiger partial charge in [-0.25, -0.2) is 0 Å². The molecule has 0 spiro atoms. The highest BCUT2D eigenvalue weighted by molar-refractivity contribution is 5.39. The van der Waals surface area contributed by atoms with Crippen molar-refractivity contribution in [1.29, 1.82) is 0 Å². The van der Waals surface area contributed by atoms with Gasteiger partial charge in [-0.1, -0.05) is 19.1 Å². The van der Waals surface area contributed by atoms with Crippen LogP contribution in [0, 0.1) is 6.92 Å². The van der Waals surface area contributed by atoms with Crippen molar-refractivity contribution in [2.45, 2.75) is 45.6 Å². The van der Waals surface area contributed by atoms with Crippen molar-refractivity contribution in [3.8, 4) is 5.75 Å². The lowest BCUT2D eigenvalue weighted by Gasteiger charge is -2.27. The number of hydrogen-bond donors (Lipinski definition) is 2. The van der Waals surface area contributed by atoms with Gasteiger partial charge in [0.2, 0.25) is 0 Å². The average molecular weight is 252 g/mol. The van der Waals surface area contributed by atoms with Gasteiger partial charge in [0.15, 0.2) is 0 Å². The smallest absolute Gasteiger partial charge is 0.126 e. The van der Waals surface area contributed by atoms with Crippen LogP contribution in [-0.2, 0) is 0 Å². The number of aryl methyl sites for hydroxylation is 1. The Morgan fingerprint density at radius 3 is 2.50 bits per heavy atom. The van der Waals surface area contributed by atoms with E-state index < -0.39 is 5.60 Å². The van der Waals surface area contributed by atoms with E-state index >= 15 is 0 Å². The minimum atomic E-state index is -0.596. The van der Waals surface area contributed by atoms with Crippen molar-refractivity contribution in [3.63, 3.8) is 0 Å². The zero-order valence-electron chi connectivity index (χ0n) is 11.7. The van der Waals surface area contributed by atoms with E-state index in [0.717, 1.165) is 16.9 Å². The summed E-state index contributed by atoms with van der Waals surface area (Å²) in [6.45, 7) is 7.93. The summed E-state index contributed by atoms with van der Waals surface area (Å²) in [5.41, 5.74) is 1.61. The van der Waals surface area contributed by atoms with Gasteiger partial charge in [0, 0.05) is 6.61 Å². The lowest BCUT2D eigenvalue weighted by atomic mass is 9.96. The third kappa shape index (κ3) is 4.00. The van der Waals surface area contributed by atoms with Crippen molar-refractivity contribution in [2.24, 2.45) is 0 Å². The van der Waals surface area contributed by atoms with E-state index in [1.165, 1.54) is 0 Å². The molecule has 0 aromatic heterocycles. The van der Waals surface area contributed by atoms with Crippen LogP contribution < -0.4 is 4.74 Å². The van der Waals surface area contributed by atoms with E-state index in [4.69, 9.17) is 9.84 Å². The topological polar surface area (TPSA) is 49.7 Å². The Labute approximate surface area is 109 Å². The first-order chi connectivity index (χ1) is 8.39. The fourth-order valence-electron chi connectivity index (χ4n) is 1.82. The molecule has 1 atom stereocenters.